The van der Waals surface area contributed by atoms with Gasteiger partial charge in [-0.15, -0.1) is 0 Å². The number of alkyl halides is 5. The van der Waals surface area contributed by atoms with Gasteiger partial charge in [-0.2, -0.15) is 22.0 Å². The molecule has 198 valence electrons. The van der Waals surface area contributed by atoms with Crippen LogP contribution in [0.25, 0.3) is 0 Å². The van der Waals surface area contributed by atoms with Crippen LogP contribution in [0.1, 0.15) is 86.0 Å². The maximum atomic E-state index is 15.0. The van der Waals surface area contributed by atoms with Crippen molar-refractivity contribution in [1.82, 2.24) is 0 Å². The zero-order valence-corrected chi connectivity index (χ0v) is 21.3. The molecule has 8 heteroatoms. The third-order valence-electron chi connectivity index (χ3n) is 11.5. The molecule has 0 amide bonds. The Kier molecular flexibility index (Phi) is 4.54. The lowest BCUT2D eigenvalue weighted by Crippen LogP contribution is -2.61. The van der Waals surface area contributed by atoms with Crippen LogP contribution in [0.4, 0.5) is 22.0 Å². The predicted octanol–water partition coefficient (Wildman–Crippen LogP) is 7.20. The number of fused-ring (bicyclic) bond motifs is 3. The van der Waals surface area contributed by atoms with Crippen molar-refractivity contribution in [2.24, 2.45) is 27.6 Å². The van der Waals surface area contributed by atoms with E-state index in [0.717, 1.165) is 24.8 Å². The summed E-state index contributed by atoms with van der Waals surface area (Å²) in [5.74, 6) is -5.63. The smallest absolute Gasteiger partial charge is 0.358 e. The van der Waals surface area contributed by atoms with Gasteiger partial charge in [-0.3, -0.25) is 0 Å². The number of hydrogen-bond acceptors (Lipinski definition) is 3. The van der Waals surface area contributed by atoms with Crippen LogP contribution < -0.4 is 0 Å². The minimum Gasteiger partial charge on any atom is -0.358 e. The Morgan fingerprint density at radius 2 is 1.51 bits per heavy atom. The molecule has 1 unspecified atom stereocenters. The summed E-state index contributed by atoms with van der Waals surface area (Å²) < 4.78 is 90.0. The molecular weight excluding hydrogens is 467 g/mol. The molecule has 6 rings (SSSR count). The zero-order chi connectivity index (χ0) is 25.6. The zero-order valence-electron chi connectivity index (χ0n) is 21.3. The van der Waals surface area contributed by atoms with Crippen molar-refractivity contribution < 1.29 is 36.2 Å². The van der Waals surface area contributed by atoms with E-state index in [0.29, 0.717) is 32.5 Å². The number of halogens is 5. The highest BCUT2D eigenvalue weighted by atomic mass is 19.4. The van der Waals surface area contributed by atoms with Crippen molar-refractivity contribution in [3.05, 3.63) is 11.6 Å². The van der Waals surface area contributed by atoms with Crippen LogP contribution in [-0.2, 0) is 14.2 Å². The first-order chi connectivity index (χ1) is 15.9. The van der Waals surface area contributed by atoms with E-state index in [-0.39, 0.29) is 29.8 Å². The standard InChI is InChI=1S/C27H37F5O3/c1-19(2)15-33-24(34-16-19)12-13-25-18-6-8-21(4)17(20(18,3)10-11-23(25,14-24)35-25)7-9-22(21,5)26(28,29)27(30,31)32/h6,17H,7-16H2,1-5H3/t17-,20-,21?,22+,23-,25+/m0/s1. The van der Waals surface area contributed by atoms with E-state index in [2.05, 4.69) is 20.8 Å². The number of hydrogen-bond donors (Lipinski definition) is 0. The van der Waals surface area contributed by atoms with Crippen molar-refractivity contribution in [2.45, 2.75) is 115 Å². The molecule has 3 saturated carbocycles. The van der Waals surface area contributed by atoms with E-state index in [1.54, 1.807) is 6.92 Å². The molecule has 6 atom stereocenters. The molecule has 35 heavy (non-hydrogen) atoms. The molecule has 5 fully saturated rings. The van der Waals surface area contributed by atoms with Crippen LogP contribution in [0, 0.1) is 27.6 Å². The summed E-state index contributed by atoms with van der Waals surface area (Å²) in [6, 6.07) is 0. The Morgan fingerprint density at radius 1 is 0.857 bits per heavy atom. The lowest BCUT2D eigenvalue weighted by atomic mass is 9.45. The summed E-state index contributed by atoms with van der Waals surface area (Å²) in [4.78, 5) is 0. The molecule has 0 aromatic carbocycles. The lowest BCUT2D eigenvalue weighted by molar-refractivity contribution is -0.341. The fraction of sp³-hybridized carbons (Fsp3) is 0.926. The number of allylic oxidation sites excluding steroid dienone is 1. The highest BCUT2D eigenvalue weighted by Gasteiger charge is 2.83. The first-order valence-corrected chi connectivity index (χ1v) is 13.1. The van der Waals surface area contributed by atoms with Gasteiger partial charge in [-0.05, 0) is 60.8 Å². The minimum atomic E-state index is -5.56. The first kappa shape index (κ1) is 24.6. The molecule has 0 radical (unpaired) electrons. The first-order valence-electron chi connectivity index (χ1n) is 13.1. The highest BCUT2D eigenvalue weighted by Crippen LogP contribution is 2.80. The Hall–Kier alpha value is -0.730. The molecule has 2 aliphatic heterocycles. The van der Waals surface area contributed by atoms with Crippen LogP contribution in [0.15, 0.2) is 11.6 Å². The fourth-order valence-electron chi connectivity index (χ4n) is 9.19. The summed E-state index contributed by atoms with van der Waals surface area (Å²) in [5, 5.41) is 0. The Balaban J connectivity index is 1.33. The Morgan fingerprint density at radius 3 is 2.14 bits per heavy atom. The van der Waals surface area contributed by atoms with Crippen LogP contribution in [0.2, 0.25) is 0 Å². The van der Waals surface area contributed by atoms with Gasteiger partial charge in [0.1, 0.15) is 11.2 Å². The largest absolute Gasteiger partial charge is 0.453 e. The van der Waals surface area contributed by atoms with Gasteiger partial charge in [0, 0.05) is 23.7 Å². The van der Waals surface area contributed by atoms with E-state index in [4.69, 9.17) is 14.2 Å². The van der Waals surface area contributed by atoms with Gasteiger partial charge in [-0.1, -0.05) is 40.7 Å². The summed E-state index contributed by atoms with van der Waals surface area (Å²) in [7, 11) is 0. The van der Waals surface area contributed by atoms with Crippen LogP contribution in [0.3, 0.4) is 0 Å². The summed E-state index contributed by atoms with van der Waals surface area (Å²) in [6.07, 6.45) is 0.450. The van der Waals surface area contributed by atoms with Gasteiger partial charge >= 0.3 is 12.1 Å². The fourth-order valence-corrected chi connectivity index (χ4v) is 9.19. The second-order valence-electron chi connectivity index (χ2n) is 13.9. The minimum absolute atomic E-state index is 0.0308. The third-order valence-corrected chi connectivity index (χ3v) is 11.5. The van der Waals surface area contributed by atoms with E-state index in [9.17, 15) is 22.0 Å². The van der Waals surface area contributed by atoms with Crippen molar-refractivity contribution in [3.8, 4) is 0 Å². The number of rotatable bonds is 1. The summed E-state index contributed by atoms with van der Waals surface area (Å²) in [5.41, 5.74) is -3.47. The second kappa shape index (κ2) is 6.45. The van der Waals surface area contributed by atoms with Crippen LogP contribution in [0.5, 0.6) is 0 Å². The molecule has 6 aliphatic rings. The lowest BCUT2D eigenvalue weighted by Gasteiger charge is -2.59. The monoisotopic (exact) mass is 504 g/mol. The van der Waals surface area contributed by atoms with Crippen molar-refractivity contribution in [3.63, 3.8) is 0 Å². The molecule has 4 aliphatic carbocycles. The molecule has 0 bridgehead atoms. The average Bonchev–Trinajstić information content (AvgIpc) is 3.34. The molecule has 2 heterocycles. The molecule has 0 aromatic heterocycles. The average molecular weight is 505 g/mol. The van der Waals surface area contributed by atoms with Crippen LogP contribution >= 0.6 is 0 Å². The molecule has 0 aromatic rings. The van der Waals surface area contributed by atoms with Crippen molar-refractivity contribution in [2.75, 3.05) is 13.2 Å². The van der Waals surface area contributed by atoms with Crippen LogP contribution in [-0.4, -0.2) is 42.3 Å². The molecule has 0 N–H and O–H groups in total. The van der Waals surface area contributed by atoms with Gasteiger partial charge in [0.25, 0.3) is 0 Å². The van der Waals surface area contributed by atoms with E-state index in [1.807, 2.05) is 6.08 Å². The summed E-state index contributed by atoms with van der Waals surface area (Å²) >= 11 is 0. The van der Waals surface area contributed by atoms with Crippen molar-refractivity contribution in [1.29, 1.82) is 0 Å². The van der Waals surface area contributed by atoms with Gasteiger partial charge in [0.15, 0.2) is 5.79 Å². The topological polar surface area (TPSA) is 31.0 Å². The molecule has 3 nitrogen and oxygen atoms in total. The Bertz CT molecular complexity index is 980. The normalized spacial score (nSPS) is 50.0. The predicted molar refractivity (Wildman–Crippen MR) is 119 cm³/mol. The molecule has 2 saturated heterocycles. The van der Waals surface area contributed by atoms with Crippen molar-refractivity contribution >= 4 is 0 Å². The van der Waals surface area contributed by atoms with E-state index >= 15 is 0 Å². The van der Waals surface area contributed by atoms with Gasteiger partial charge in [0.2, 0.25) is 0 Å². The highest BCUT2D eigenvalue weighted by molar-refractivity contribution is 5.46. The quantitative estimate of drug-likeness (QED) is 0.215. The van der Waals surface area contributed by atoms with Gasteiger partial charge in [0.05, 0.1) is 13.2 Å². The number of ether oxygens (including phenoxy) is 3. The Labute approximate surface area is 204 Å². The van der Waals surface area contributed by atoms with Gasteiger partial charge in [-0.25, -0.2) is 0 Å². The van der Waals surface area contributed by atoms with E-state index < -0.39 is 39.7 Å². The maximum Gasteiger partial charge on any atom is 0.453 e. The summed E-state index contributed by atoms with van der Waals surface area (Å²) in [6.45, 7) is 10.4. The molecule has 1 spiro atoms. The second-order valence-corrected chi connectivity index (χ2v) is 13.9. The van der Waals surface area contributed by atoms with Gasteiger partial charge < -0.3 is 14.2 Å². The maximum absolute atomic E-state index is 15.0. The molecular formula is C27H37F5O3. The SMILES string of the molecule is CC1(C)COC2(CC[C@]34O[C@@]3(CC[C@]3(C)C4=CCC4(C)[C@H]3CC[C@@]4(C)C(F)(F)C(F)(F)F)C2)OC1. The third kappa shape index (κ3) is 2.72. The van der Waals surface area contributed by atoms with E-state index in [1.165, 1.54) is 6.92 Å². The number of epoxide rings is 1.